The molecule has 0 bridgehead atoms. The van der Waals surface area contributed by atoms with E-state index < -0.39 is 6.04 Å². The Morgan fingerprint density at radius 1 is 1.00 bits per heavy atom. The summed E-state index contributed by atoms with van der Waals surface area (Å²) in [4.78, 5) is 27.4. The zero-order valence-corrected chi connectivity index (χ0v) is 17.5. The van der Waals surface area contributed by atoms with Crippen LogP contribution in [0.3, 0.4) is 0 Å². The third-order valence-corrected chi connectivity index (χ3v) is 4.88. The van der Waals surface area contributed by atoms with Crippen LogP contribution < -0.4 is 5.32 Å². The molecule has 0 aliphatic heterocycles. The molecule has 1 atom stereocenters. The van der Waals surface area contributed by atoms with Gasteiger partial charge in [-0.05, 0) is 36.6 Å². The van der Waals surface area contributed by atoms with Crippen molar-refractivity contribution in [2.75, 3.05) is 6.54 Å². The highest BCUT2D eigenvalue weighted by atomic mass is 79.9. The molecule has 0 aliphatic carbocycles. The predicted octanol–water partition coefficient (Wildman–Crippen LogP) is 4.33. The number of carbonyl (C=O) groups excluding carboxylic acids is 2. The highest BCUT2D eigenvalue weighted by molar-refractivity contribution is 9.10. The van der Waals surface area contributed by atoms with Crippen LogP contribution in [0.5, 0.6) is 0 Å². The zero-order valence-electron chi connectivity index (χ0n) is 16.0. The van der Waals surface area contributed by atoms with Gasteiger partial charge in [0, 0.05) is 30.4 Å². The summed E-state index contributed by atoms with van der Waals surface area (Å²) in [6.45, 7) is 4.83. The molecule has 1 unspecified atom stereocenters. The number of nitrogens with zero attached hydrogens (tertiary/aromatic N) is 1. The minimum Gasteiger partial charge on any atom is -0.355 e. The van der Waals surface area contributed by atoms with E-state index >= 15 is 0 Å². The normalized spacial score (nSPS) is 11.7. The molecule has 0 aliphatic rings. The Morgan fingerprint density at radius 2 is 1.67 bits per heavy atom. The fourth-order valence-corrected chi connectivity index (χ4v) is 3.25. The Labute approximate surface area is 170 Å². The van der Waals surface area contributed by atoms with Crippen molar-refractivity contribution in [1.29, 1.82) is 0 Å². The minimum atomic E-state index is -0.532. The molecule has 27 heavy (non-hydrogen) atoms. The summed E-state index contributed by atoms with van der Waals surface area (Å²) in [5, 5.41) is 2.90. The second-order valence-electron chi connectivity index (χ2n) is 6.50. The number of hydrogen-bond donors (Lipinski definition) is 1. The van der Waals surface area contributed by atoms with Gasteiger partial charge in [0.2, 0.25) is 11.8 Å². The van der Waals surface area contributed by atoms with Crippen molar-refractivity contribution in [3.05, 3.63) is 70.2 Å². The van der Waals surface area contributed by atoms with Crippen molar-refractivity contribution in [1.82, 2.24) is 10.2 Å². The first-order valence-electron chi connectivity index (χ1n) is 9.40. The maximum absolute atomic E-state index is 12.9. The topological polar surface area (TPSA) is 49.4 Å². The van der Waals surface area contributed by atoms with E-state index in [2.05, 4.69) is 21.2 Å². The van der Waals surface area contributed by atoms with Gasteiger partial charge in [-0.25, -0.2) is 0 Å². The lowest BCUT2D eigenvalue weighted by Gasteiger charge is -2.31. The predicted molar refractivity (Wildman–Crippen MR) is 112 cm³/mol. The molecule has 5 heteroatoms. The number of benzene rings is 2. The molecule has 2 aromatic carbocycles. The van der Waals surface area contributed by atoms with Crippen LogP contribution in [0.25, 0.3) is 0 Å². The van der Waals surface area contributed by atoms with Crippen molar-refractivity contribution in [2.45, 2.75) is 45.7 Å². The first-order chi connectivity index (χ1) is 13.0. The molecule has 2 rings (SSSR count). The van der Waals surface area contributed by atoms with E-state index in [-0.39, 0.29) is 11.8 Å². The van der Waals surface area contributed by atoms with Crippen LogP contribution in [0, 0.1) is 0 Å². The lowest BCUT2D eigenvalue weighted by atomic mass is 10.0. The number of amides is 2. The van der Waals surface area contributed by atoms with Crippen LogP contribution >= 0.6 is 15.9 Å². The molecule has 2 amide bonds. The maximum Gasteiger partial charge on any atom is 0.243 e. The summed E-state index contributed by atoms with van der Waals surface area (Å²) in [5.74, 6) is -0.101. The smallest absolute Gasteiger partial charge is 0.243 e. The third-order valence-electron chi connectivity index (χ3n) is 4.35. The summed E-state index contributed by atoms with van der Waals surface area (Å²) in [6, 6.07) is 17.2. The van der Waals surface area contributed by atoms with Crippen molar-refractivity contribution in [2.24, 2.45) is 0 Å². The summed E-state index contributed by atoms with van der Waals surface area (Å²) in [5.41, 5.74) is 2.05. The quantitative estimate of drug-likeness (QED) is 0.643. The molecular weight excluding hydrogens is 404 g/mol. The number of rotatable bonds is 9. The monoisotopic (exact) mass is 430 g/mol. The van der Waals surface area contributed by atoms with Gasteiger partial charge in [-0.3, -0.25) is 9.59 Å². The van der Waals surface area contributed by atoms with E-state index in [9.17, 15) is 9.59 Å². The fraction of sp³-hybridized carbons (Fsp3) is 0.364. The van der Waals surface area contributed by atoms with Crippen molar-refractivity contribution < 1.29 is 9.59 Å². The second-order valence-corrected chi connectivity index (χ2v) is 7.41. The van der Waals surface area contributed by atoms with Gasteiger partial charge in [-0.1, -0.05) is 65.3 Å². The summed E-state index contributed by atoms with van der Waals surface area (Å²) in [6.07, 6.45) is 1.68. The average molecular weight is 431 g/mol. The second kappa shape index (κ2) is 10.9. The lowest BCUT2D eigenvalue weighted by molar-refractivity contribution is -0.141. The summed E-state index contributed by atoms with van der Waals surface area (Å²) < 4.78 is 0.988. The number of carbonyl (C=O) groups is 2. The van der Waals surface area contributed by atoms with Crippen LogP contribution in [0.1, 0.15) is 37.8 Å². The standard InChI is InChI=1S/C22H27BrN2O2/c1-3-8-21(26)25(16-18-11-13-19(23)14-12-18)20(22(27)24-4-2)15-17-9-6-5-7-10-17/h5-7,9-14,20H,3-4,8,15-16H2,1-2H3,(H,24,27). The van der Waals surface area contributed by atoms with E-state index in [1.54, 1.807) is 4.90 Å². The fourth-order valence-electron chi connectivity index (χ4n) is 2.99. The summed E-state index contributed by atoms with van der Waals surface area (Å²) >= 11 is 3.44. The van der Waals surface area contributed by atoms with Gasteiger partial charge in [-0.15, -0.1) is 0 Å². The highest BCUT2D eigenvalue weighted by Crippen LogP contribution is 2.18. The van der Waals surface area contributed by atoms with E-state index in [1.807, 2.05) is 68.4 Å². The largest absolute Gasteiger partial charge is 0.355 e. The molecule has 144 valence electrons. The van der Waals surface area contributed by atoms with Crippen LogP contribution in [0.4, 0.5) is 0 Å². The molecule has 2 aromatic rings. The number of likely N-dealkylation sites (N-methyl/N-ethyl adjacent to an activating group) is 1. The molecule has 1 N–H and O–H groups in total. The van der Waals surface area contributed by atoms with Crippen LogP contribution in [0.2, 0.25) is 0 Å². The van der Waals surface area contributed by atoms with Crippen LogP contribution in [-0.2, 0) is 22.6 Å². The molecule has 4 nitrogen and oxygen atoms in total. The van der Waals surface area contributed by atoms with Crippen LogP contribution in [-0.4, -0.2) is 29.3 Å². The van der Waals surface area contributed by atoms with Crippen LogP contribution in [0.15, 0.2) is 59.1 Å². The lowest BCUT2D eigenvalue weighted by Crippen LogP contribution is -2.50. The van der Waals surface area contributed by atoms with Gasteiger partial charge < -0.3 is 10.2 Å². The average Bonchev–Trinajstić information content (AvgIpc) is 2.67. The van der Waals surface area contributed by atoms with E-state index in [0.717, 1.165) is 22.0 Å². The molecule has 0 heterocycles. The molecular formula is C22H27BrN2O2. The van der Waals surface area contributed by atoms with Gasteiger partial charge in [0.1, 0.15) is 6.04 Å². The first-order valence-corrected chi connectivity index (χ1v) is 10.2. The Morgan fingerprint density at radius 3 is 2.26 bits per heavy atom. The Hall–Kier alpha value is -2.14. The molecule has 0 fully saturated rings. The first kappa shape index (κ1) is 21.2. The number of halogens is 1. The number of nitrogens with one attached hydrogen (secondary N) is 1. The SMILES string of the molecule is CCCC(=O)N(Cc1ccc(Br)cc1)C(Cc1ccccc1)C(=O)NCC. The Balaban J connectivity index is 2.33. The van der Waals surface area contributed by atoms with Crippen molar-refractivity contribution in [3.63, 3.8) is 0 Å². The van der Waals surface area contributed by atoms with Gasteiger partial charge in [-0.2, -0.15) is 0 Å². The third kappa shape index (κ3) is 6.51. The van der Waals surface area contributed by atoms with E-state index in [4.69, 9.17) is 0 Å². The van der Waals surface area contributed by atoms with E-state index in [1.165, 1.54) is 0 Å². The van der Waals surface area contributed by atoms with Crippen molar-refractivity contribution >= 4 is 27.7 Å². The Kier molecular flexibility index (Phi) is 8.52. The molecule has 0 saturated carbocycles. The molecule has 0 aromatic heterocycles. The van der Waals surface area contributed by atoms with Gasteiger partial charge in [0.25, 0.3) is 0 Å². The van der Waals surface area contributed by atoms with Gasteiger partial charge >= 0.3 is 0 Å². The number of hydrogen-bond acceptors (Lipinski definition) is 2. The maximum atomic E-state index is 12.9. The zero-order chi connectivity index (χ0) is 19.6. The van der Waals surface area contributed by atoms with Gasteiger partial charge in [0.05, 0.1) is 0 Å². The molecule has 0 radical (unpaired) electrons. The molecule has 0 spiro atoms. The van der Waals surface area contributed by atoms with Gasteiger partial charge in [0.15, 0.2) is 0 Å². The molecule has 0 saturated heterocycles. The summed E-state index contributed by atoms with van der Waals surface area (Å²) in [7, 11) is 0. The van der Waals surface area contributed by atoms with Crippen molar-refractivity contribution in [3.8, 4) is 0 Å². The minimum absolute atomic E-state index is 0.00704. The van der Waals surface area contributed by atoms with E-state index in [0.29, 0.717) is 25.9 Å². The highest BCUT2D eigenvalue weighted by Gasteiger charge is 2.29. The Bertz CT molecular complexity index is 732.